The van der Waals surface area contributed by atoms with Gasteiger partial charge in [-0.3, -0.25) is 0 Å². The molecule has 0 saturated heterocycles. The number of fused-ring (bicyclic) bond motifs is 1. The number of para-hydroxylation sites is 1. The summed E-state index contributed by atoms with van der Waals surface area (Å²) in [5.41, 5.74) is 6.80. The fraction of sp³-hybridized carbons (Fsp3) is 0.250. The minimum Gasteiger partial charge on any atom is -0.397 e. The van der Waals surface area contributed by atoms with E-state index in [4.69, 9.17) is 5.73 Å². The first-order valence-corrected chi connectivity index (χ1v) is 5.54. The Hall–Kier alpha value is -2.04. The van der Waals surface area contributed by atoms with Gasteiger partial charge in [0.05, 0.1) is 17.9 Å². The van der Waals surface area contributed by atoms with Crippen molar-refractivity contribution in [1.29, 1.82) is 0 Å². The van der Waals surface area contributed by atoms with Gasteiger partial charge in [0.2, 0.25) is 0 Å². The largest absolute Gasteiger partial charge is 0.397 e. The van der Waals surface area contributed by atoms with Crippen LogP contribution in [0, 0.1) is 5.82 Å². The van der Waals surface area contributed by atoms with E-state index in [1.54, 1.807) is 18.3 Å². The summed E-state index contributed by atoms with van der Waals surface area (Å²) in [5.74, 6) is 0.670. The molecule has 3 rings (SSSR count). The SMILES string of the molecule is Nc1cccc(F)c1N1CCn2ccnc2C1. The van der Waals surface area contributed by atoms with Crippen LogP contribution in [0.4, 0.5) is 15.8 Å². The van der Waals surface area contributed by atoms with Gasteiger partial charge in [0.15, 0.2) is 0 Å². The molecule has 0 atom stereocenters. The molecule has 1 aliphatic heterocycles. The van der Waals surface area contributed by atoms with E-state index in [-0.39, 0.29) is 5.82 Å². The van der Waals surface area contributed by atoms with Crippen molar-refractivity contribution in [3.8, 4) is 0 Å². The second kappa shape index (κ2) is 3.76. The molecule has 2 N–H and O–H groups in total. The summed E-state index contributed by atoms with van der Waals surface area (Å²) in [6.45, 7) is 2.15. The second-order valence-corrected chi connectivity index (χ2v) is 4.14. The molecule has 2 heterocycles. The van der Waals surface area contributed by atoms with E-state index >= 15 is 0 Å². The van der Waals surface area contributed by atoms with Gasteiger partial charge in [-0.25, -0.2) is 9.37 Å². The van der Waals surface area contributed by atoms with Gasteiger partial charge in [-0.15, -0.1) is 0 Å². The lowest BCUT2D eigenvalue weighted by atomic mass is 10.2. The van der Waals surface area contributed by atoms with Gasteiger partial charge in [0.1, 0.15) is 11.6 Å². The minimum atomic E-state index is -0.273. The number of aromatic nitrogens is 2. The molecular formula is C12H13FN4. The molecule has 0 radical (unpaired) electrons. The van der Waals surface area contributed by atoms with Crippen LogP contribution in [0.1, 0.15) is 5.82 Å². The fourth-order valence-electron chi connectivity index (χ4n) is 2.23. The topological polar surface area (TPSA) is 47.1 Å². The molecule has 0 unspecified atom stereocenters. The van der Waals surface area contributed by atoms with E-state index in [9.17, 15) is 4.39 Å². The third kappa shape index (κ3) is 1.63. The highest BCUT2D eigenvalue weighted by molar-refractivity contribution is 5.68. The zero-order chi connectivity index (χ0) is 11.8. The summed E-state index contributed by atoms with van der Waals surface area (Å²) in [6, 6.07) is 4.78. The lowest BCUT2D eigenvalue weighted by Gasteiger charge is -2.30. The maximum atomic E-state index is 13.8. The number of hydrogen-bond acceptors (Lipinski definition) is 3. The summed E-state index contributed by atoms with van der Waals surface area (Å²) >= 11 is 0. The molecule has 0 aliphatic carbocycles. The van der Waals surface area contributed by atoms with Crippen molar-refractivity contribution in [2.75, 3.05) is 17.2 Å². The van der Waals surface area contributed by atoms with Crippen LogP contribution in [-0.4, -0.2) is 16.1 Å². The van der Waals surface area contributed by atoms with E-state index in [1.807, 2.05) is 11.1 Å². The highest BCUT2D eigenvalue weighted by Gasteiger charge is 2.20. The van der Waals surface area contributed by atoms with Crippen LogP contribution in [-0.2, 0) is 13.1 Å². The number of anilines is 2. The molecule has 0 saturated carbocycles. The van der Waals surface area contributed by atoms with E-state index in [0.29, 0.717) is 17.9 Å². The molecule has 1 aliphatic rings. The Morgan fingerprint density at radius 3 is 3.00 bits per heavy atom. The van der Waals surface area contributed by atoms with Crippen LogP contribution in [0.5, 0.6) is 0 Å². The first-order chi connectivity index (χ1) is 8.25. The summed E-state index contributed by atoms with van der Waals surface area (Å²) in [5, 5.41) is 0. The summed E-state index contributed by atoms with van der Waals surface area (Å²) in [6.07, 6.45) is 3.71. The number of benzene rings is 1. The second-order valence-electron chi connectivity index (χ2n) is 4.14. The summed E-state index contributed by atoms with van der Waals surface area (Å²) in [4.78, 5) is 6.19. The third-order valence-electron chi connectivity index (χ3n) is 3.08. The van der Waals surface area contributed by atoms with Crippen LogP contribution >= 0.6 is 0 Å². The Balaban J connectivity index is 1.97. The first kappa shape index (κ1) is 10.1. The average molecular weight is 232 g/mol. The smallest absolute Gasteiger partial charge is 0.148 e. The summed E-state index contributed by atoms with van der Waals surface area (Å²) in [7, 11) is 0. The van der Waals surface area contributed by atoms with Gasteiger partial charge >= 0.3 is 0 Å². The maximum Gasteiger partial charge on any atom is 0.148 e. The number of hydrogen-bond donors (Lipinski definition) is 1. The quantitative estimate of drug-likeness (QED) is 0.760. The van der Waals surface area contributed by atoms with Crippen molar-refractivity contribution in [1.82, 2.24) is 9.55 Å². The Kier molecular flexibility index (Phi) is 2.24. The molecular weight excluding hydrogens is 219 g/mol. The molecule has 0 spiro atoms. The number of imidazole rings is 1. The van der Waals surface area contributed by atoms with Crippen molar-refractivity contribution < 1.29 is 4.39 Å². The number of rotatable bonds is 1. The Labute approximate surface area is 98.5 Å². The van der Waals surface area contributed by atoms with E-state index in [2.05, 4.69) is 9.55 Å². The van der Waals surface area contributed by atoms with Crippen molar-refractivity contribution >= 4 is 11.4 Å². The lowest BCUT2D eigenvalue weighted by molar-refractivity contribution is 0.545. The molecule has 0 bridgehead atoms. The van der Waals surface area contributed by atoms with Crippen LogP contribution in [0.15, 0.2) is 30.6 Å². The Morgan fingerprint density at radius 2 is 2.18 bits per heavy atom. The van der Waals surface area contributed by atoms with E-state index in [1.165, 1.54) is 6.07 Å². The van der Waals surface area contributed by atoms with Gasteiger partial charge < -0.3 is 15.2 Å². The Morgan fingerprint density at radius 1 is 1.29 bits per heavy atom. The van der Waals surface area contributed by atoms with Gasteiger partial charge in [0, 0.05) is 25.5 Å². The lowest BCUT2D eigenvalue weighted by Crippen LogP contribution is -2.34. The van der Waals surface area contributed by atoms with Crippen LogP contribution in [0.2, 0.25) is 0 Å². The van der Waals surface area contributed by atoms with Crippen LogP contribution in [0.3, 0.4) is 0 Å². The zero-order valence-electron chi connectivity index (χ0n) is 9.31. The Bertz CT molecular complexity index is 529. The molecule has 1 aromatic heterocycles. The van der Waals surface area contributed by atoms with Crippen molar-refractivity contribution in [2.24, 2.45) is 0 Å². The van der Waals surface area contributed by atoms with Crippen molar-refractivity contribution in [3.05, 3.63) is 42.2 Å². The van der Waals surface area contributed by atoms with Gasteiger partial charge in [-0.1, -0.05) is 6.07 Å². The molecule has 88 valence electrons. The monoisotopic (exact) mass is 232 g/mol. The molecule has 4 nitrogen and oxygen atoms in total. The predicted octanol–water partition coefficient (Wildman–Crippen LogP) is 1.62. The molecule has 0 amide bonds. The molecule has 1 aromatic carbocycles. The average Bonchev–Trinajstić information content (AvgIpc) is 2.76. The van der Waals surface area contributed by atoms with E-state index < -0.39 is 0 Å². The normalized spacial score (nSPS) is 14.8. The van der Waals surface area contributed by atoms with Crippen molar-refractivity contribution in [2.45, 2.75) is 13.1 Å². The van der Waals surface area contributed by atoms with Crippen LogP contribution < -0.4 is 10.6 Å². The number of nitrogen functional groups attached to an aromatic ring is 1. The number of nitrogens with zero attached hydrogens (tertiary/aromatic N) is 3. The number of halogens is 1. The molecule has 2 aromatic rings. The maximum absolute atomic E-state index is 13.8. The number of nitrogens with two attached hydrogens (primary N) is 1. The highest BCUT2D eigenvalue weighted by atomic mass is 19.1. The molecule has 5 heteroatoms. The van der Waals surface area contributed by atoms with Crippen molar-refractivity contribution in [3.63, 3.8) is 0 Å². The van der Waals surface area contributed by atoms with Crippen LogP contribution in [0.25, 0.3) is 0 Å². The zero-order valence-corrected chi connectivity index (χ0v) is 9.31. The van der Waals surface area contributed by atoms with Gasteiger partial charge in [-0.05, 0) is 12.1 Å². The van der Waals surface area contributed by atoms with Gasteiger partial charge in [-0.2, -0.15) is 0 Å². The standard InChI is InChI=1S/C12H13FN4/c13-9-2-1-3-10(14)12(9)17-7-6-16-5-4-15-11(16)8-17/h1-5H,6-8,14H2. The first-order valence-electron chi connectivity index (χ1n) is 5.54. The third-order valence-corrected chi connectivity index (χ3v) is 3.08. The molecule has 17 heavy (non-hydrogen) atoms. The fourth-order valence-corrected chi connectivity index (χ4v) is 2.23. The van der Waals surface area contributed by atoms with E-state index in [0.717, 1.165) is 18.9 Å². The molecule has 0 fully saturated rings. The predicted molar refractivity (Wildman–Crippen MR) is 64.1 cm³/mol. The van der Waals surface area contributed by atoms with Gasteiger partial charge in [0.25, 0.3) is 0 Å². The highest BCUT2D eigenvalue weighted by Crippen LogP contribution is 2.29. The summed E-state index contributed by atoms with van der Waals surface area (Å²) < 4.78 is 15.9. The minimum absolute atomic E-state index is 0.273.